The fourth-order valence-electron chi connectivity index (χ4n) is 5.69. The summed E-state index contributed by atoms with van der Waals surface area (Å²) in [5.74, 6) is 1.44. The number of nitrogens with two attached hydrogens (primary N) is 1. The van der Waals surface area contributed by atoms with Crippen LogP contribution < -0.4 is 11.1 Å². The van der Waals surface area contributed by atoms with E-state index < -0.39 is 0 Å². The van der Waals surface area contributed by atoms with Gasteiger partial charge in [0.1, 0.15) is 12.2 Å². The maximum absolute atomic E-state index is 12.9. The Labute approximate surface area is 199 Å². The molecule has 1 amide bonds. The third-order valence-corrected chi connectivity index (χ3v) is 7.85. The van der Waals surface area contributed by atoms with Crippen molar-refractivity contribution in [2.75, 3.05) is 0 Å². The highest BCUT2D eigenvalue weighted by atomic mass is 16.5. The van der Waals surface area contributed by atoms with Crippen LogP contribution in [0.5, 0.6) is 0 Å². The van der Waals surface area contributed by atoms with Crippen LogP contribution in [-0.4, -0.2) is 5.91 Å². The molecular weight excluding hydrogens is 420 g/mol. The molecule has 2 aliphatic carbocycles. The van der Waals surface area contributed by atoms with Crippen LogP contribution in [0.4, 0.5) is 0 Å². The lowest BCUT2D eigenvalue weighted by Crippen LogP contribution is -2.23. The Morgan fingerprint density at radius 1 is 0.794 bits per heavy atom. The Kier molecular flexibility index (Phi) is 4.31. The molecule has 34 heavy (non-hydrogen) atoms. The van der Waals surface area contributed by atoms with E-state index >= 15 is 0 Å². The molecule has 3 aromatic carbocycles. The lowest BCUT2D eigenvalue weighted by molar-refractivity contribution is 0.0857. The van der Waals surface area contributed by atoms with Crippen molar-refractivity contribution in [1.29, 1.82) is 0 Å². The standard InChI is InChI=1S/C30H28N2O2/c1-16(31)18-4-2-17(3-5-18)15-32-30(33)21-10-11-22-25(12-21)29-27-14-24(20-8-9-20)23(19-6-7-19)13-26(27)28(22)34-29/h2-5,10-14,19-20,28-29H,1,6-9,15,31H2,(H,32,33)/t28-,29+/m1/s1. The Hall–Kier alpha value is -3.37. The number of hydrogen-bond donors (Lipinski definition) is 2. The second-order valence-corrected chi connectivity index (χ2v) is 10.3. The lowest BCUT2D eigenvalue weighted by atomic mass is 9.82. The predicted molar refractivity (Wildman–Crippen MR) is 132 cm³/mol. The lowest BCUT2D eigenvalue weighted by Gasteiger charge is -2.20. The number of carbonyl (C=O) groups is 1. The number of nitrogens with one attached hydrogen (secondary N) is 1. The van der Waals surface area contributed by atoms with Crippen LogP contribution in [0.25, 0.3) is 5.70 Å². The molecule has 2 bridgehead atoms. The SMILES string of the molecule is C=C(N)c1ccc(CNC(=O)c2ccc3c(c2)[C@@H]2O[C@H]3c3cc(C4CC4)c(C4CC4)cc32)cc1. The molecule has 4 aliphatic rings. The highest BCUT2D eigenvalue weighted by molar-refractivity contribution is 5.94. The van der Waals surface area contributed by atoms with Gasteiger partial charge in [0.2, 0.25) is 0 Å². The first-order chi connectivity index (χ1) is 16.6. The molecule has 2 aliphatic heterocycles. The van der Waals surface area contributed by atoms with Gasteiger partial charge in [0, 0.05) is 17.8 Å². The smallest absolute Gasteiger partial charge is 0.251 e. The molecule has 0 saturated heterocycles. The molecule has 2 saturated carbocycles. The average Bonchev–Trinajstić information content (AvgIpc) is 3.79. The number of amides is 1. The predicted octanol–water partition coefficient (Wildman–Crippen LogP) is 5.82. The third kappa shape index (κ3) is 3.20. The van der Waals surface area contributed by atoms with Crippen molar-refractivity contribution in [2.45, 2.75) is 56.3 Å². The minimum atomic E-state index is -0.0686. The van der Waals surface area contributed by atoms with Crippen molar-refractivity contribution in [3.05, 3.63) is 111 Å². The zero-order chi connectivity index (χ0) is 23.0. The number of fused-ring (bicyclic) bond motifs is 8. The molecule has 2 fully saturated rings. The summed E-state index contributed by atoms with van der Waals surface area (Å²) >= 11 is 0. The molecule has 3 N–H and O–H groups in total. The van der Waals surface area contributed by atoms with Gasteiger partial charge >= 0.3 is 0 Å². The van der Waals surface area contributed by atoms with Crippen molar-refractivity contribution in [1.82, 2.24) is 5.32 Å². The van der Waals surface area contributed by atoms with Crippen LogP contribution >= 0.6 is 0 Å². The van der Waals surface area contributed by atoms with Gasteiger partial charge in [-0.05, 0) is 94.2 Å². The molecule has 3 aromatic rings. The highest BCUT2D eigenvalue weighted by Gasteiger charge is 2.45. The summed E-state index contributed by atoms with van der Waals surface area (Å²) in [7, 11) is 0. The Bertz CT molecular complexity index is 1350. The van der Waals surface area contributed by atoms with Crippen LogP contribution in [0.15, 0.2) is 61.2 Å². The quantitative estimate of drug-likeness (QED) is 0.499. The monoisotopic (exact) mass is 448 g/mol. The van der Waals surface area contributed by atoms with Crippen LogP contribution in [0, 0.1) is 0 Å². The Balaban J connectivity index is 1.13. The molecular formula is C30H28N2O2. The summed E-state index contributed by atoms with van der Waals surface area (Å²) < 4.78 is 6.47. The maximum atomic E-state index is 12.9. The fraction of sp³-hybridized carbons (Fsp3) is 0.300. The number of carbonyl (C=O) groups excluding carboxylic acids is 1. The van der Waals surface area contributed by atoms with E-state index in [4.69, 9.17) is 10.5 Å². The summed E-state index contributed by atoms with van der Waals surface area (Å²) in [6.45, 7) is 4.22. The van der Waals surface area contributed by atoms with Crippen molar-refractivity contribution in [3.63, 3.8) is 0 Å². The Morgan fingerprint density at radius 2 is 1.35 bits per heavy atom. The molecule has 0 radical (unpaired) electrons. The largest absolute Gasteiger partial charge is 0.399 e. The van der Waals surface area contributed by atoms with Crippen LogP contribution in [0.3, 0.4) is 0 Å². The summed E-state index contributed by atoms with van der Waals surface area (Å²) in [5, 5.41) is 3.04. The van der Waals surface area contributed by atoms with Gasteiger partial charge in [0.15, 0.2) is 0 Å². The van der Waals surface area contributed by atoms with Crippen molar-refractivity contribution >= 4 is 11.6 Å². The zero-order valence-corrected chi connectivity index (χ0v) is 19.1. The number of benzene rings is 3. The maximum Gasteiger partial charge on any atom is 0.251 e. The Morgan fingerprint density at radius 3 is 1.94 bits per heavy atom. The van der Waals surface area contributed by atoms with Crippen molar-refractivity contribution < 1.29 is 9.53 Å². The number of rotatable bonds is 6. The molecule has 170 valence electrons. The van der Waals surface area contributed by atoms with Crippen LogP contribution in [-0.2, 0) is 11.3 Å². The molecule has 4 nitrogen and oxygen atoms in total. The molecule has 2 atom stereocenters. The molecule has 2 heterocycles. The average molecular weight is 449 g/mol. The molecule has 0 aromatic heterocycles. The minimum Gasteiger partial charge on any atom is -0.399 e. The van der Waals surface area contributed by atoms with Gasteiger partial charge in [-0.2, -0.15) is 0 Å². The summed E-state index contributed by atoms with van der Waals surface area (Å²) in [4.78, 5) is 12.9. The van der Waals surface area contributed by atoms with Gasteiger partial charge in [-0.25, -0.2) is 0 Å². The van der Waals surface area contributed by atoms with Gasteiger partial charge in [-0.1, -0.05) is 49.0 Å². The second-order valence-electron chi connectivity index (χ2n) is 10.3. The second kappa shape index (κ2) is 7.31. The van der Waals surface area contributed by atoms with Crippen molar-refractivity contribution in [2.24, 2.45) is 5.73 Å². The first-order valence-electron chi connectivity index (χ1n) is 12.4. The van der Waals surface area contributed by atoms with E-state index in [1.165, 1.54) is 42.4 Å². The molecule has 0 spiro atoms. The number of ether oxygens (including phenoxy) is 1. The van der Waals surface area contributed by atoms with Crippen LogP contribution in [0.1, 0.15) is 105 Å². The van der Waals surface area contributed by atoms with E-state index in [0.717, 1.165) is 28.5 Å². The van der Waals surface area contributed by atoms with E-state index in [1.807, 2.05) is 36.4 Å². The van der Waals surface area contributed by atoms with Gasteiger partial charge in [-0.3, -0.25) is 4.79 Å². The molecule has 0 unspecified atom stereocenters. The highest BCUT2D eigenvalue weighted by Crippen LogP contribution is 2.58. The van der Waals surface area contributed by atoms with E-state index in [-0.39, 0.29) is 18.1 Å². The van der Waals surface area contributed by atoms with E-state index in [2.05, 4.69) is 30.1 Å². The minimum absolute atomic E-state index is 0.00803. The van der Waals surface area contributed by atoms with E-state index in [0.29, 0.717) is 17.8 Å². The number of hydrogen-bond acceptors (Lipinski definition) is 3. The summed E-state index contributed by atoms with van der Waals surface area (Å²) in [5.41, 5.74) is 17.1. The zero-order valence-electron chi connectivity index (χ0n) is 19.1. The van der Waals surface area contributed by atoms with E-state index in [1.54, 1.807) is 11.1 Å². The van der Waals surface area contributed by atoms with Crippen LogP contribution in [0.2, 0.25) is 0 Å². The van der Waals surface area contributed by atoms with Gasteiger partial charge in [-0.15, -0.1) is 0 Å². The first-order valence-corrected chi connectivity index (χ1v) is 12.4. The van der Waals surface area contributed by atoms with Crippen molar-refractivity contribution in [3.8, 4) is 0 Å². The van der Waals surface area contributed by atoms with E-state index in [9.17, 15) is 4.79 Å². The summed E-state index contributed by atoms with van der Waals surface area (Å²) in [6.07, 6.45) is 5.25. The topological polar surface area (TPSA) is 64.3 Å². The fourth-order valence-corrected chi connectivity index (χ4v) is 5.69. The van der Waals surface area contributed by atoms with Gasteiger partial charge in [0.05, 0.1) is 0 Å². The molecule has 4 heteroatoms. The first kappa shape index (κ1) is 20.0. The summed E-state index contributed by atoms with van der Waals surface area (Å²) in [6, 6.07) is 18.7. The third-order valence-electron chi connectivity index (χ3n) is 7.85. The van der Waals surface area contributed by atoms with Gasteiger partial charge < -0.3 is 15.8 Å². The van der Waals surface area contributed by atoms with Gasteiger partial charge in [0.25, 0.3) is 5.91 Å². The normalized spacial score (nSPS) is 21.8. The molecule has 7 rings (SSSR count).